The maximum atomic E-state index is 5.38. The maximum absolute atomic E-state index is 5.38. The van der Waals surface area contributed by atoms with Gasteiger partial charge in [0.2, 0.25) is 0 Å². The predicted octanol–water partition coefficient (Wildman–Crippen LogP) is 3.44. The van der Waals surface area contributed by atoms with E-state index in [1.807, 2.05) is 18.2 Å². The third-order valence-electron chi connectivity index (χ3n) is 4.52. The summed E-state index contributed by atoms with van der Waals surface area (Å²) in [6, 6.07) is 14.3. The second-order valence-corrected chi connectivity index (χ2v) is 6.58. The van der Waals surface area contributed by atoms with Crippen molar-refractivity contribution in [1.82, 2.24) is 5.32 Å². The lowest BCUT2D eigenvalue weighted by Crippen LogP contribution is -2.32. The van der Waals surface area contributed by atoms with E-state index in [0.717, 1.165) is 38.2 Å². The van der Waals surface area contributed by atoms with Gasteiger partial charge in [0.15, 0.2) is 16.6 Å². The molecule has 0 aromatic heterocycles. The standard InChI is InChI=1S/C20H25N3O2S/c1-24-18-9-8-16(14-19(18)25-2)22-20(26)21-11-5-12-23-13-10-15-6-3-4-7-17(15)23/h3-4,6-9,14H,5,10-13H2,1-2H3,(H2,21,22,26). The second kappa shape index (κ2) is 8.76. The minimum absolute atomic E-state index is 0.610. The van der Waals surface area contributed by atoms with E-state index in [0.29, 0.717) is 16.6 Å². The Bertz CT molecular complexity index is 766. The van der Waals surface area contributed by atoms with E-state index in [9.17, 15) is 0 Å². The molecule has 0 unspecified atom stereocenters. The van der Waals surface area contributed by atoms with E-state index < -0.39 is 0 Å². The highest BCUT2D eigenvalue weighted by Gasteiger charge is 2.17. The molecule has 0 bridgehead atoms. The van der Waals surface area contributed by atoms with Gasteiger partial charge in [0.1, 0.15) is 0 Å². The first kappa shape index (κ1) is 18.3. The van der Waals surface area contributed by atoms with Crippen LogP contribution in [0, 0.1) is 0 Å². The van der Waals surface area contributed by atoms with Gasteiger partial charge in [-0.2, -0.15) is 0 Å². The number of ether oxygens (including phenoxy) is 2. The van der Waals surface area contributed by atoms with Crippen molar-refractivity contribution in [1.29, 1.82) is 0 Å². The molecule has 0 aliphatic carbocycles. The summed E-state index contributed by atoms with van der Waals surface area (Å²) in [5.41, 5.74) is 3.69. The van der Waals surface area contributed by atoms with Crippen LogP contribution in [0.3, 0.4) is 0 Å². The van der Waals surface area contributed by atoms with Gasteiger partial charge in [0.25, 0.3) is 0 Å². The van der Waals surface area contributed by atoms with E-state index in [1.165, 1.54) is 11.3 Å². The van der Waals surface area contributed by atoms with Crippen LogP contribution in [-0.2, 0) is 6.42 Å². The van der Waals surface area contributed by atoms with Gasteiger partial charge in [-0.25, -0.2) is 0 Å². The molecule has 3 rings (SSSR count). The number of fused-ring (bicyclic) bond motifs is 1. The van der Waals surface area contributed by atoms with Crippen LogP contribution in [0.25, 0.3) is 0 Å². The minimum Gasteiger partial charge on any atom is -0.493 e. The monoisotopic (exact) mass is 371 g/mol. The first-order valence-corrected chi connectivity index (χ1v) is 9.22. The SMILES string of the molecule is COc1ccc(NC(=S)NCCCN2CCc3ccccc32)cc1OC. The molecule has 0 saturated heterocycles. The summed E-state index contributed by atoms with van der Waals surface area (Å²) in [5, 5.41) is 7.06. The smallest absolute Gasteiger partial charge is 0.170 e. The van der Waals surface area contributed by atoms with Crippen LogP contribution >= 0.6 is 12.2 Å². The molecule has 2 N–H and O–H groups in total. The van der Waals surface area contributed by atoms with E-state index in [1.54, 1.807) is 14.2 Å². The number of nitrogens with one attached hydrogen (secondary N) is 2. The Hall–Kier alpha value is -2.47. The number of para-hydroxylation sites is 1. The van der Waals surface area contributed by atoms with Crippen LogP contribution in [-0.4, -0.2) is 39.0 Å². The number of benzene rings is 2. The molecule has 2 aromatic rings. The Morgan fingerprint density at radius 1 is 1.12 bits per heavy atom. The van der Waals surface area contributed by atoms with Crippen LogP contribution in [0.5, 0.6) is 11.5 Å². The molecule has 6 heteroatoms. The molecule has 1 aliphatic rings. The Morgan fingerprint density at radius 3 is 2.73 bits per heavy atom. The summed E-state index contributed by atoms with van der Waals surface area (Å²) in [6.45, 7) is 2.97. The molecule has 138 valence electrons. The summed E-state index contributed by atoms with van der Waals surface area (Å²) >= 11 is 5.38. The third kappa shape index (κ3) is 4.38. The van der Waals surface area contributed by atoms with Crippen molar-refractivity contribution in [2.45, 2.75) is 12.8 Å². The molecule has 0 spiro atoms. The third-order valence-corrected chi connectivity index (χ3v) is 4.76. The first-order valence-electron chi connectivity index (χ1n) is 8.81. The predicted molar refractivity (Wildman–Crippen MR) is 111 cm³/mol. The molecular weight excluding hydrogens is 346 g/mol. The summed E-state index contributed by atoms with van der Waals surface area (Å²) < 4.78 is 10.6. The van der Waals surface area contributed by atoms with Gasteiger partial charge in [-0.3, -0.25) is 0 Å². The lowest BCUT2D eigenvalue weighted by Gasteiger charge is -2.19. The highest BCUT2D eigenvalue weighted by atomic mass is 32.1. The minimum atomic E-state index is 0.610. The molecule has 0 amide bonds. The van der Waals surface area contributed by atoms with Gasteiger partial charge in [-0.1, -0.05) is 18.2 Å². The van der Waals surface area contributed by atoms with E-state index in [2.05, 4.69) is 39.8 Å². The Labute approximate surface area is 160 Å². The molecule has 26 heavy (non-hydrogen) atoms. The zero-order chi connectivity index (χ0) is 18.4. The molecular formula is C20H25N3O2S. The average molecular weight is 372 g/mol. The fraction of sp³-hybridized carbons (Fsp3) is 0.350. The molecule has 0 radical (unpaired) electrons. The number of methoxy groups -OCH3 is 2. The Balaban J connectivity index is 1.42. The van der Waals surface area contributed by atoms with Crippen molar-refractivity contribution >= 4 is 28.7 Å². The molecule has 2 aromatic carbocycles. The molecule has 0 saturated carbocycles. The molecule has 0 atom stereocenters. The zero-order valence-corrected chi connectivity index (χ0v) is 16.1. The number of thiocarbonyl (C=S) groups is 1. The normalized spacial score (nSPS) is 12.5. The zero-order valence-electron chi connectivity index (χ0n) is 15.2. The van der Waals surface area contributed by atoms with Crippen molar-refractivity contribution in [3.8, 4) is 11.5 Å². The van der Waals surface area contributed by atoms with Gasteiger partial charge < -0.3 is 25.0 Å². The second-order valence-electron chi connectivity index (χ2n) is 6.17. The molecule has 5 nitrogen and oxygen atoms in total. The van der Waals surface area contributed by atoms with Crippen molar-refractivity contribution < 1.29 is 9.47 Å². The van der Waals surface area contributed by atoms with E-state index >= 15 is 0 Å². The number of hydrogen-bond acceptors (Lipinski definition) is 4. The number of nitrogens with zero attached hydrogens (tertiary/aromatic N) is 1. The van der Waals surface area contributed by atoms with Gasteiger partial charge in [0.05, 0.1) is 14.2 Å². The highest BCUT2D eigenvalue weighted by molar-refractivity contribution is 7.80. The first-order chi connectivity index (χ1) is 12.7. The van der Waals surface area contributed by atoms with Gasteiger partial charge in [-0.05, 0) is 48.8 Å². The fourth-order valence-corrected chi connectivity index (χ4v) is 3.42. The van der Waals surface area contributed by atoms with Gasteiger partial charge >= 0.3 is 0 Å². The fourth-order valence-electron chi connectivity index (χ4n) is 3.20. The topological polar surface area (TPSA) is 45.8 Å². The van der Waals surface area contributed by atoms with Crippen LogP contribution < -0.4 is 25.0 Å². The maximum Gasteiger partial charge on any atom is 0.170 e. The van der Waals surface area contributed by atoms with Crippen LogP contribution in [0.1, 0.15) is 12.0 Å². The lowest BCUT2D eigenvalue weighted by molar-refractivity contribution is 0.355. The average Bonchev–Trinajstić information content (AvgIpc) is 3.08. The summed E-state index contributed by atoms with van der Waals surface area (Å²) in [7, 11) is 3.24. The number of anilines is 2. The number of hydrogen-bond donors (Lipinski definition) is 2. The Kier molecular flexibility index (Phi) is 6.17. The Morgan fingerprint density at radius 2 is 1.92 bits per heavy atom. The lowest BCUT2D eigenvalue weighted by atomic mass is 10.2. The summed E-state index contributed by atoms with van der Waals surface area (Å²) in [6.07, 6.45) is 2.17. The van der Waals surface area contributed by atoms with Crippen molar-refractivity contribution in [2.24, 2.45) is 0 Å². The molecule has 1 heterocycles. The van der Waals surface area contributed by atoms with Crippen molar-refractivity contribution in [3.05, 3.63) is 48.0 Å². The number of rotatable bonds is 7. The highest BCUT2D eigenvalue weighted by Crippen LogP contribution is 2.29. The van der Waals surface area contributed by atoms with E-state index in [-0.39, 0.29) is 0 Å². The van der Waals surface area contributed by atoms with Gasteiger partial charge in [0, 0.05) is 37.1 Å². The van der Waals surface area contributed by atoms with E-state index in [4.69, 9.17) is 21.7 Å². The van der Waals surface area contributed by atoms with Crippen molar-refractivity contribution in [3.63, 3.8) is 0 Å². The summed E-state index contributed by atoms with van der Waals surface area (Å²) in [4.78, 5) is 2.45. The van der Waals surface area contributed by atoms with Crippen LogP contribution in [0.15, 0.2) is 42.5 Å². The summed E-state index contributed by atoms with van der Waals surface area (Å²) in [5.74, 6) is 1.37. The van der Waals surface area contributed by atoms with Crippen LogP contribution in [0.4, 0.5) is 11.4 Å². The van der Waals surface area contributed by atoms with Crippen LogP contribution in [0.2, 0.25) is 0 Å². The molecule has 0 fully saturated rings. The van der Waals surface area contributed by atoms with Gasteiger partial charge in [-0.15, -0.1) is 0 Å². The molecule has 1 aliphatic heterocycles. The van der Waals surface area contributed by atoms with Crippen molar-refractivity contribution in [2.75, 3.05) is 44.1 Å². The quantitative estimate of drug-likeness (QED) is 0.574. The largest absolute Gasteiger partial charge is 0.493 e.